The van der Waals surface area contributed by atoms with Gasteiger partial charge < -0.3 is 18.9 Å². The Hall–Kier alpha value is -1.40. The van der Waals surface area contributed by atoms with Gasteiger partial charge in [-0.2, -0.15) is 0 Å². The quantitative estimate of drug-likeness (QED) is 0.138. The van der Waals surface area contributed by atoms with Crippen LogP contribution in [0.4, 0.5) is 0 Å². The van der Waals surface area contributed by atoms with Crippen LogP contribution in [0.3, 0.4) is 0 Å². The van der Waals surface area contributed by atoms with Gasteiger partial charge in [0.1, 0.15) is 25.4 Å². The van der Waals surface area contributed by atoms with E-state index in [1.807, 2.05) is 0 Å². The van der Waals surface area contributed by atoms with Crippen molar-refractivity contribution in [3.05, 3.63) is 12.2 Å². The predicted octanol–water partition coefficient (Wildman–Crippen LogP) is 4.60. The summed E-state index contributed by atoms with van der Waals surface area (Å²) in [7, 11) is 0. The standard InChI is InChI=1S/C24H40O6/c1-3-5-10-20(12-8-14-24(26)30-18-22-16-28-22)19(9-4-2)11-6-7-13-23(25)29-17-21-15-27-21/h5,10,19-22H,3-4,6-9,11-18H2,1-2H3. The highest BCUT2D eigenvalue weighted by Crippen LogP contribution is 2.30. The van der Waals surface area contributed by atoms with Crippen LogP contribution in [0.5, 0.6) is 0 Å². The summed E-state index contributed by atoms with van der Waals surface area (Å²) >= 11 is 0. The van der Waals surface area contributed by atoms with E-state index in [0.717, 1.165) is 44.9 Å². The highest BCUT2D eigenvalue weighted by molar-refractivity contribution is 5.69. The zero-order valence-electron chi connectivity index (χ0n) is 18.8. The summed E-state index contributed by atoms with van der Waals surface area (Å²) in [5, 5.41) is 0. The Kier molecular flexibility index (Phi) is 12.1. The molecule has 6 heteroatoms. The first kappa shape index (κ1) is 24.9. The van der Waals surface area contributed by atoms with E-state index in [9.17, 15) is 9.59 Å². The number of unbranched alkanes of at least 4 members (excludes halogenated alkanes) is 1. The molecule has 0 aliphatic carbocycles. The second-order valence-electron chi connectivity index (χ2n) is 8.46. The van der Waals surface area contributed by atoms with Gasteiger partial charge in [-0.1, -0.05) is 45.3 Å². The molecule has 0 aromatic carbocycles. The Bertz CT molecular complexity index is 524. The average Bonchev–Trinajstić information content (AvgIpc) is 3.64. The van der Waals surface area contributed by atoms with Crippen LogP contribution in [0.25, 0.3) is 0 Å². The number of carbonyl (C=O) groups excluding carboxylic acids is 2. The van der Waals surface area contributed by atoms with E-state index in [0.29, 0.717) is 51.1 Å². The highest BCUT2D eigenvalue weighted by Gasteiger charge is 2.25. The third-order valence-corrected chi connectivity index (χ3v) is 5.67. The summed E-state index contributed by atoms with van der Waals surface area (Å²) in [5.74, 6) is 0.828. The Balaban J connectivity index is 1.68. The smallest absolute Gasteiger partial charge is 0.305 e. The molecule has 4 unspecified atom stereocenters. The molecule has 0 spiro atoms. The molecule has 0 radical (unpaired) electrons. The second kappa shape index (κ2) is 14.6. The molecule has 2 fully saturated rings. The average molecular weight is 425 g/mol. The fourth-order valence-corrected chi connectivity index (χ4v) is 3.75. The lowest BCUT2D eigenvalue weighted by molar-refractivity contribution is -0.145. The molecule has 0 bridgehead atoms. The van der Waals surface area contributed by atoms with Crippen LogP contribution in [0.1, 0.15) is 78.1 Å². The zero-order valence-corrected chi connectivity index (χ0v) is 18.8. The molecule has 2 rings (SSSR count). The number of allylic oxidation sites excluding steroid dienone is 2. The molecular weight excluding hydrogens is 384 g/mol. The second-order valence-corrected chi connectivity index (χ2v) is 8.46. The van der Waals surface area contributed by atoms with Crippen molar-refractivity contribution in [2.45, 2.75) is 90.3 Å². The van der Waals surface area contributed by atoms with Crippen LogP contribution >= 0.6 is 0 Å². The molecular formula is C24H40O6. The first-order chi connectivity index (χ1) is 14.6. The molecule has 0 saturated carbocycles. The van der Waals surface area contributed by atoms with Crippen LogP contribution in [0.2, 0.25) is 0 Å². The van der Waals surface area contributed by atoms with Crippen molar-refractivity contribution >= 4 is 11.9 Å². The number of rotatable bonds is 18. The summed E-state index contributed by atoms with van der Waals surface area (Å²) in [5.41, 5.74) is 0. The molecule has 2 saturated heterocycles. The fraction of sp³-hybridized carbons (Fsp3) is 0.833. The minimum Gasteiger partial charge on any atom is -0.463 e. The maximum Gasteiger partial charge on any atom is 0.305 e. The predicted molar refractivity (Wildman–Crippen MR) is 115 cm³/mol. The SMILES string of the molecule is CCC=CC(CCCC(=O)OCC1CO1)C(CCC)CCCCC(=O)OCC1CO1. The Morgan fingerprint density at radius 1 is 0.900 bits per heavy atom. The number of esters is 2. The summed E-state index contributed by atoms with van der Waals surface area (Å²) in [6, 6.07) is 0. The van der Waals surface area contributed by atoms with Crippen molar-refractivity contribution in [3.63, 3.8) is 0 Å². The first-order valence-electron chi connectivity index (χ1n) is 11.8. The van der Waals surface area contributed by atoms with Crippen molar-refractivity contribution in [3.8, 4) is 0 Å². The van der Waals surface area contributed by atoms with Gasteiger partial charge in [0.2, 0.25) is 0 Å². The molecule has 30 heavy (non-hydrogen) atoms. The molecule has 2 aliphatic rings. The molecule has 4 atom stereocenters. The number of carbonyl (C=O) groups is 2. The van der Waals surface area contributed by atoms with E-state index in [2.05, 4.69) is 26.0 Å². The Labute approximate surface area is 181 Å². The van der Waals surface area contributed by atoms with E-state index in [1.54, 1.807) is 0 Å². The van der Waals surface area contributed by atoms with Gasteiger partial charge in [0.05, 0.1) is 13.2 Å². The lowest BCUT2D eigenvalue weighted by Gasteiger charge is -2.25. The largest absolute Gasteiger partial charge is 0.463 e. The van der Waals surface area contributed by atoms with Crippen molar-refractivity contribution in [2.75, 3.05) is 26.4 Å². The van der Waals surface area contributed by atoms with E-state index in [1.165, 1.54) is 6.42 Å². The highest BCUT2D eigenvalue weighted by atomic mass is 16.6. The van der Waals surface area contributed by atoms with Gasteiger partial charge in [0.25, 0.3) is 0 Å². The molecule has 2 aliphatic heterocycles. The van der Waals surface area contributed by atoms with E-state index < -0.39 is 0 Å². The molecule has 6 nitrogen and oxygen atoms in total. The van der Waals surface area contributed by atoms with Gasteiger partial charge in [0, 0.05) is 12.8 Å². The van der Waals surface area contributed by atoms with Crippen molar-refractivity contribution in [1.82, 2.24) is 0 Å². The molecule has 0 aromatic heterocycles. The minimum absolute atomic E-state index is 0.116. The maximum absolute atomic E-state index is 11.9. The Morgan fingerprint density at radius 3 is 2.03 bits per heavy atom. The lowest BCUT2D eigenvalue weighted by atomic mass is 9.81. The topological polar surface area (TPSA) is 77.7 Å². The zero-order chi connectivity index (χ0) is 21.6. The van der Waals surface area contributed by atoms with Crippen LogP contribution in [-0.2, 0) is 28.5 Å². The fourth-order valence-electron chi connectivity index (χ4n) is 3.75. The Morgan fingerprint density at radius 2 is 1.50 bits per heavy atom. The van der Waals surface area contributed by atoms with Gasteiger partial charge >= 0.3 is 11.9 Å². The number of ether oxygens (including phenoxy) is 4. The van der Waals surface area contributed by atoms with Gasteiger partial charge in [0.15, 0.2) is 0 Å². The molecule has 2 heterocycles. The van der Waals surface area contributed by atoms with Crippen LogP contribution in [0.15, 0.2) is 12.2 Å². The third-order valence-electron chi connectivity index (χ3n) is 5.67. The molecule has 0 aromatic rings. The first-order valence-corrected chi connectivity index (χ1v) is 11.8. The molecule has 0 N–H and O–H groups in total. The third kappa shape index (κ3) is 11.7. The van der Waals surface area contributed by atoms with E-state index >= 15 is 0 Å². The summed E-state index contributed by atoms with van der Waals surface area (Å²) < 4.78 is 20.6. The summed E-state index contributed by atoms with van der Waals surface area (Å²) in [4.78, 5) is 23.7. The van der Waals surface area contributed by atoms with Gasteiger partial charge in [-0.3, -0.25) is 9.59 Å². The summed E-state index contributed by atoms with van der Waals surface area (Å²) in [6.45, 7) is 6.60. The summed E-state index contributed by atoms with van der Waals surface area (Å²) in [6.07, 6.45) is 14.0. The number of hydrogen-bond acceptors (Lipinski definition) is 6. The van der Waals surface area contributed by atoms with Gasteiger partial charge in [-0.15, -0.1) is 0 Å². The van der Waals surface area contributed by atoms with E-state index in [4.69, 9.17) is 18.9 Å². The van der Waals surface area contributed by atoms with Gasteiger partial charge in [-0.05, 0) is 43.9 Å². The number of epoxide rings is 2. The maximum atomic E-state index is 11.9. The van der Waals surface area contributed by atoms with Crippen molar-refractivity contribution in [1.29, 1.82) is 0 Å². The van der Waals surface area contributed by atoms with Crippen molar-refractivity contribution < 1.29 is 28.5 Å². The van der Waals surface area contributed by atoms with Crippen LogP contribution < -0.4 is 0 Å². The van der Waals surface area contributed by atoms with Crippen LogP contribution in [-0.4, -0.2) is 50.6 Å². The minimum atomic E-state index is -0.120. The normalized spacial score (nSPS) is 21.9. The van der Waals surface area contributed by atoms with Gasteiger partial charge in [-0.25, -0.2) is 0 Å². The monoisotopic (exact) mass is 424 g/mol. The van der Waals surface area contributed by atoms with Crippen LogP contribution in [0, 0.1) is 11.8 Å². The lowest BCUT2D eigenvalue weighted by Crippen LogP contribution is -2.15. The molecule has 0 amide bonds. The van der Waals surface area contributed by atoms with Crippen molar-refractivity contribution in [2.24, 2.45) is 11.8 Å². The number of hydrogen-bond donors (Lipinski definition) is 0. The molecule has 172 valence electrons. The van der Waals surface area contributed by atoms with E-state index in [-0.39, 0.29) is 24.1 Å².